The Kier molecular flexibility index (Phi) is 3.73. The quantitative estimate of drug-likeness (QED) is 0.787. The lowest BCUT2D eigenvalue weighted by Crippen LogP contribution is -2.42. The number of rotatable bonds is 3. The molecule has 0 radical (unpaired) electrons. The molecular weight excluding hydrogens is 248 g/mol. The molecule has 2 N–H and O–H groups in total. The first-order chi connectivity index (χ1) is 9.06. The van der Waals surface area contributed by atoms with Crippen molar-refractivity contribution in [3.63, 3.8) is 0 Å². The zero-order valence-corrected chi connectivity index (χ0v) is 11.1. The fraction of sp³-hybridized carbons (Fsp3) is 0.583. The zero-order chi connectivity index (χ0) is 14.0. The molecular formula is C12H18N4O3. The van der Waals surface area contributed by atoms with Crippen molar-refractivity contribution >= 4 is 17.6 Å². The minimum Gasteiger partial charge on any atom is -0.464 e. The SMILES string of the molecule is CCOC(=O)C1CCCN1C(=O)c1c(N)cnn1C. The topological polar surface area (TPSA) is 90.4 Å². The fourth-order valence-corrected chi connectivity index (χ4v) is 2.35. The molecule has 1 atom stereocenters. The summed E-state index contributed by atoms with van der Waals surface area (Å²) in [6.07, 6.45) is 2.85. The second-order valence-electron chi connectivity index (χ2n) is 4.48. The Morgan fingerprint density at radius 3 is 2.89 bits per heavy atom. The van der Waals surface area contributed by atoms with E-state index in [4.69, 9.17) is 10.5 Å². The predicted octanol–water partition coefficient (Wildman–Crippen LogP) is 0.170. The maximum atomic E-state index is 12.4. The summed E-state index contributed by atoms with van der Waals surface area (Å²) >= 11 is 0. The number of hydrogen-bond acceptors (Lipinski definition) is 5. The van der Waals surface area contributed by atoms with Crippen LogP contribution in [0, 0.1) is 0 Å². The maximum Gasteiger partial charge on any atom is 0.328 e. The van der Waals surface area contributed by atoms with E-state index in [-0.39, 0.29) is 11.9 Å². The molecule has 0 aromatic carbocycles. The molecule has 2 heterocycles. The number of nitrogen functional groups attached to an aromatic ring is 1. The summed E-state index contributed by atoms with van der Waals surface area (Å²) in [5.41, 5.74) is 6.38. The van der Waals surface area contributed by atoms with Crippen molar-refractivity contribution < 1.29 is 14.3 Å². The summed E-state index contributed by atoms with van der Waals surface area (Å²) in [6, 6.07) is -0.512. The van der Waals surface area contributed by atoms with E-state index < -0.39 is 6.04 Å². The third-order valence-electron chi connectivity index (χ3n) is 3.24. The van der Waals surface area contributed by atoms with E-state index in [1.807, 2.05) is 0 Å². The molecule has 0 bridgehead atoms. The number of likely N-dealkylation sites (tertiary alicyclic amines) is 1. The number of aromatic nitrogens is 2. The number of nitrogens with zero attached hydrogens (tertiary/aromatic N) is 3. The number of esters is 1. The standard InChI is InChI=1S/C12H18N4O3/c1-3-19-12(18)9-5-4-6-16(9)11(17)10-8(13)7-14-15(10)2/h7,9H,3-6,13H2,1-2H3. The number of carbonyl (C=O) groups excluding carboxylic acids is 2. The lowest BCUT2D eigenvalue weighted by molar-refractivity contribution is -0.147. The van der Waals surface area contributed by atoms with Crippen molar-refractivity contribution in [2.24, 2.45) is 7.05 Å². The van der Waals surface area contributed by atoms with E-state index in [1.54, 1.807) is 14.0 Å². The fourth-order valence-electron chi connectivity index (χ4n) is 2.35. The lowest BCUT2D eigenvalue weighted by Gasteiger charge is -2.23. The third kappa shape index (κ3) is 2.40. The van der Waals surface area contributed by atoms with Crippen LogP contribution in [-0.2, 0) is 16.6 Å². The van der Waals surface area contributed by atoms with E-state index in [2.05, 4.69) is 5.10 Å². The summed E-state index contributed by atoms with van der Waals surface area (Å²) in [4.78, 5) is 25.8. The van der Waals surface area contributed by atoms with Gasteiger partial charge in [-0.15, -0.1) is 0 Å². The Bertz CT molecular complexity index is 478. The van der Waals surface area contributed by atoms with Crippen LogP contribution in [0.15, 0.2) is 6.20 Å². The van der Waals surface area contributed by atoms with Gasteiger partial charge in [0.25, 0.3) is 5.91 Å². The largest absolute Gasteiger partial charge is 0.464 e. The first-order valence-electron chi connectivity index (χ1n) is 6.31. The first-order valence-corrected chi connectivity index (χ1v) is 6.31. The maximum absolute atomic E-state index is 12.4. The van der Waals surface area contributed by atoms with Gasteiger partial charge in [0.15, 0.2) is 0 Å². The van der Waals surface area contributed by atoms with E-state index in [1.165, 1.54) is 15.8 Å². The number of hydrogen-bond donors (Lipinski definition) is 1. The summed E-state index contributed by atoms with van der Waals surface area (Å²) in [5.74, 6) is -0.623. The molecule has 7 nitrogen and oxygen atoms in total. The monoisotopic (exact) mass is 266 g/mol. The van der Waals surface area contributed by atoms with Gasteiger partial charge in [0.2, 0.25) is 0 Å². The van der Waals surface area contributed by atoms with Gasteiger partial charge in [-0.05, 0) is 19.8 Å². The second kappa shape index (κ2) is 5.29. The second-order valence-corrected chi connectivity index (χ2v) is 4.48. The minimum atomic E-state index is -0.512. The Labute approximate surface area is 111 Å². The number of aryl methyl sites for hydroxylation is 1. The van der Waals surface area contributed by atoms with Crippen molar-refractivity contribution in [3.8, 4) is 0 Å². The normalized spacial score (nSPS) is 18.6. The Morgan fingerprint density at radius 1 is 1.58 bits per heavy atom. The van der Waals surface area contributed by atoms with E-state index >= 15 is 0 Å². The van der Waals surface area contributed by atoms with Gasteiger partial charge in [0, 0.05) is 13.6 Å². The van der Waals surface area contributed by atoms with Crippen LogP contribution in [0.4, 0.5) is 5.69 Å². The first kappa shape index (κ1) is 13.4. The summed E-state index contributed by atoms with van der Waals surface area (Å²) in [7, 11) is 1.65. The predicted molar refractivity (Wildman–Crippen MR) is 68.3 cm³/mol. The Balaban J connectivity index is 2.21. The highest BCUT2D eigenvalue weighted by atomic mass is 16.5. The molecule has 1 aliphatic rings. The van der Waals surface area contributed by atoms with Crippen molar-refractivity contribution in [1.29, 1.82) is 0 Å². The van der Waals surface area contributed by atoms with Crippen LogP contribution in [0.25, 0.3) is 0 Å². The van der Waals surface area contributed by atoms with Crippen LogP contribution in [0.2, 0.25) is 0 Å². The van der Waals surface area contributed by atoms with Crippen LogP contribution >= 0.6 is 0 Å². The smallest absolute Gasteiger partial charge is 0.328 e. The van der Waals surface area contributed by atoms with Crippen LogP contribution < -0.4 is 5.73 Å². The van der Waals surface area contributed by atoms with Gasteiger partial charge in [-0.2, -0.15) is 5.10 Å². The molecule has 0 saturated carbocycles. The molecule has 1 aromatic heterocycles. The van der Waals surface area contributed by atoms with Gasteiger partial charge in [0.1, 0.15) is 11.7 Å². The highest BCUT2D eigenvalue weighted by Crippen LogP contribution is 2.23. The van der Waals surface area contributed by atoms with Gasteiger partial charge in [0.05, 0.1) is 18.5 Å². The minimum absolute atomic E-state index is 0.270. The molecule has 1 fully saturated rings. The molecule has 104 valence electrons. The summed E-state index contributed by atoms with van der Waals surface area (Å²) in [5, 5.41) is 3.94. The summed E-state index contributed by atoms with van der Waals surface area (Å²) < 4.78 is 6.43. The number of amides is 1. The molecule has 2 rings (SSSR count). The highest BCUT2D eigenvalue weighted by Gasteiger charge is 2.37. The third-order valence-corrected chi connectivity index (χ3v) is 3.24. The number of ether oxygens (including phenoxy) is 1. The van der Waals surface area contributed by atoms with Crippen LogP contribution in [0.3, 0.4) is 0 Å². The van der Waals surface area contributed by atoms with E-state index in [0.29, 0.717) is 31.0 Å². The molecule has 1 aromatic rings. The highest BCUT2D eigenvalue weighted by molar-refractivity contribution is 5.99. The van der Waals surface area contributed by atoms with Gasteiger partial charge in [-0.25, -0.2) is 4.79 Å². The van der Waals surface area contributed by atoms with E-state index in [0.717, 1.165) is 6.42 Å². The molecule has 1 saturated heterocycles. The molecule has 7 heteroatoms. The molecule has 0 spiro atoms. The van der Waals surface area contributed by atoms with Gasteiger partial charge in [-0.3, -0.25) is 9.48 Å². The van der Waals surface area contributed by atoms with Crippen LogP contribution in [0.1, 0.15) is 30.3 Å². The van der Waals surface area contributed by atoms with Gasteiger partial charge >= 0.3 is 5.97 Å². The lowest BCUT2D eigenvalue weighted by atomic mass is 10.2. The Hall–Kier alpha value is -2.05. The molecule has 1 amide bonds. The average molecular weight is 266 g/mol. The summed E-state index contributed by atoms with van der Waals surface area (Å²) in [6.45, 7) is 2.59. The Morgan fingerprint density at radius 2 is 2.32 bits per heavy atom. The van der Waals surface area contributed by atoms with Gasteiger partial charge < -0.3 is 15.4 Å². The van der Waals surface area contributed by atoms with Crippen molar-refractivity contribution in [2.45, 2.75) is 25.8 Å². The zero-order valence-electron chi connectivity index (χ0n) is 11.1. The molecule has 19 heavy (non-hydrogen) atoms. The molecule has 1 aliphatic heterocycles. The average Bonchev–Trinajstić information content (AvgIpc) is 2.96. The number of carbonyl (C=O) groups is 2. The van der Waals surface area contributed by atoms with Gasteiger partial charge in [-0.1, -0.05) is 0 Å². The van der Waals surface area contributed by atoms with Crippen molar-refractivity contribution in [2.75, 3.05) is 18.9 Å². The van der Waals surface area contributed by atoms with Crippen LogP contribution in [0.5, 0.6) is 0 Å². The van der Waals surface area contributed by atoms with Crippen molar-refractivity contribution in [1.82, 2.24) is 14.7 Å². The molecule has 0 aliphatic carbocycles. The van der Waals surface area contributed by atoms with E-state index in [9.17, 15) is 9.59 Å². The molecule has 1 unspecified atom stereocenters. The number of nitrogens with two attached hydrogens (primary N) is 1. The van der Waals surface area contributed by atoms with Crippen molar-refractivity contribution in [3.05, 3.63) is 11.9 Å². The number of anilines is 1. The van der Waals surface area contributed by atoms with Crippen LogP contribution in [-0.4, -0.2) is 45.8 Å².